The molecule has 23 heavy (non-hydrogen) atoms. The highest BCUT2D eigenvalue weighted by molar-refractivity contribution is 8.26. The van der Waals surface area contributed by atoms with E-state index in [0.29, 0.717) is 27.2 Å². The quantitative estimate of drug-likeness (QED) is 0.613. The zero-order chi connectivity index (χ0) is 15.8. The van der Waals surface area contributed by atoms with Crippen LogP contribution in [-0.2, 0) is 11.3 Å². The van der Waals surface area contributed by atoms with E-state index in [2.05, 4.69) is 9.59 Å². The summed E-state index contributed by atoms with van der Waals surface area (Å²) >= 11 is 7.84. The van der Waals surface area contributed by atoms with Crippen molar-refractivity contribution in [2.45, 2.75) is 6.54 Å². The van der Waals surface area contributed by atoms with Crippen LogP contribution in [0.2, 0.25) is 0 Å². The lowest BCUT2D eigenvalue weighted by atomic mass is 10.2. The third kappa shape index (κ3) is 2.82. The summed E-state index contributed by atoms with van der Waals surface area (Å²) in [6.45, 7) is 0.623. The van der Waals surface area contributed by atoms with Gasteiger partial charge in [0.05, 0.1) is 17.1 Å². The molecule has 2 aliphatic rings. The molecule has 0 radical (unpaired) electrons. The van der Waals surface area contributed by atoms with Gasteiger partial charge in [-0.05, 0) is 35.3 Å². The van der Waals surface area contributed by atoms with Gasteiger partial charge in [0.15, 0.2) is 11.5 Å². The van der Waals surface area contributed by atoms with Crippen LogP contribution in [0.25, 0.3) is 6.08 Å². The fourth-order valence-electron chi connectivity index (χ4n) is 2.23. The number of hydrogen-bond acceptors (Lipinski definition) is 8. The van der Waals surface area contributed by atoms with Crippen LogP contribution in [0.5, 0.6) is 11.5 Å². The Balaban J connectivity index is 1.55. The molecule has 0 saturated carbocycles. The Morgan fingerprint density at radius 1 is 1.35 bits per heavy atom. The van der Waals surface area contributed by atoms with E-state index in [1.807, 2.05) is 18.2 Å². The van der Waals surface area contributed by atoms with Crippen molar-refractivity contribution in [3.8, 4) is 11.5 Å². The number of nitrogens with zero attached hydrogens (tertiary/aromatic N) is 3. The minimum absolute atomic E-state index is 0.120. The average molecular weight is 363 g/mol. The maximum absolute atomic E-state index is 12.5. The topological polar surface area (TPSA) is 64.6 Å². The van der Waals surface area contributed by atoms with Gasteiger partial charge in [-0.1, -0.05) is 34.5 Å². The Hall–Kier alpha value is -1.97. The predicted octanol–water partition coefficient (Wildman–Crippen LogP) is 2.67. The van der Waals surface area contributed by atoms with E-state index in [1.165, 1.54) is 23.3 Å². The molecule has 0 aliphatic carbocycles. The Labute approximate surface area is 145 Å². The van der Waals surface area contributed by atoms with E-state index in [9.17, 15) is 4.79 Å². The Bertz CT molecular complexity index is 820. The molecule has 6 nitrogen and oxygen atoms in total. The third-order valence-electron chi connectivity index (χ3n) is 3.31. The summed E-state index contributed by atoms with van der Waals surface area (Å²) in [6.07, 6.45) is 1.71. The van der Waals surface area contributed by atoms with Crippen LogP contribution in [-0.4, -0.2) is 31.5 Å². The predicted molar refractivity (Wildman–Crippen MR) is 91.2 cm³/mol. The summed E-state index contributed by atoms with van der Waals surface area (Å²) in [5.41, 5.74) is 1.60. The fraction of sp³-hybridized carbons (Fsp3) is 0.143. The zero-order valence-electron chi connectivity index (χ0n) is 11.6. The molecule has 1 fully saturated rings. The first-order valence-corrected chi connectivity index (χ1v) is 8.68. The summed E-state index contributed by atoms with van der Waals surface area (Å²) in [7, 11) is 0. The molecular weight excluding hydrogens is 354 g/mol. The van der Waals surface area contributed by atoms with Crippen LogP contribution in [0, 0.1) is 0 Å². The van der Waals surface area contributed by atoms with Gasteiger partial charge in [0.25, 0.3) is 5.91 Å². The molecule has 0 spiro atoms. The number of amides is 1. The molecule has 0 unspecified atom stereocenters. The van der Waals surface area contributed by atoms with E-state index in [1.54, 1.807) is 16.4 Å². The van der Waals surface area contributed by atoms with Crippen molar-refractivity contribution in [1.29, 1.82) is 0 Å². The molecule has 3 heterocycles. The SMILES string of the molecule is O=C1C(=Cc2csnn2)SC(=S)N1Cc1ccc2c(c1)OCO2. The first-order chi connectivity index (χ1) is 11.2. The summed E-state index contributed by atoms with van der Waals surface area (Å²) < 4.78 is 15.0. The lowest BCUT2D eigenvalue weighted by Crippen LogP contribution is -2.27. The average Bonchev–Trinajstić information content (AvgIpc) is 3.25. The van der Waals surface area contributed by atoms with Crippen molar-refractivity contribution >= 4 is 51.8 Å². The molecule has 9 heteroatoms. The van der Waals surface area contributed by atoms with Crippen molar-refractivity contribution in [2.75, 3.05) is 6.79 Å². The van der Waals surface area contributed by atoms with Crippen LogP contribution in [0.3, 0.4) is 0 Å². The Morgan fingerprint density at radius 2 is 2.22 bits per heavy atom. The summed E-state index contributed by atoms with van der Waals surface area (Å²) in [6, 6.07) is 5.61. The van der Waals surface area contributed by atoms with Crippen LogP contribution in [0.15, 0.2) is 28.5 Å². The van der Waals surface area contributed by atoms with Gasteiger partial charge in [-0.2, -0.15) is 0 Å². The number of ether oxygens (including phenoxy) is 2. The fourth-order valence-corrected chi connectivity index (χ4v) is 3.88. The minimum Gasteiger partial charge on any atom is -0.454 e. The van der Waals surface area contributed by atoms with Gasteiger partial charge in [-0.3, -0.25) is 9.69 Å². The number of carbonyl (C=O) groups excluding carboxylic acids is 1. The summed E-state index contributed by atoms with van der Waals surface area (Å²) in [5.74, 6) is 1.29. The molecule has 1 aromatic heterocycles. The van der Waals surface area contributed by atoms with Crippen molar-refractivity contribution in [2.24, 2.45) is 0 Å². The van der Waals surface area contributed by atoms with E-state index >= 15 is 0 Å². The van der Waals surface area contributed by atoms with Crippen LogP contribution in [0.4, 0.5) is 0 Å². The number of thioether (sulfide) groups is 1. The standard InChI is InChI=1S/C14H9N3O3S3/c18-13-12(4-9-6-22-16-15-9)23-14(21)17(13)5-8-1-2-10-11(3-8)20-7-19-10/h1-4,6H,5,7H2. The molecule has 116 valence electrons. The van der Waals surface area contributed by atoms with Gasteiger partial charge in [-0.25, -0.2) is 0 Å². The molecule has 1 aromatic carbocycles. The smallest absolute Gasteiger partial charge is 0.266 e. The lowest BCUT2D eigenvalue weighted by Gasteiger charge is -2.14. The number of fused-ring (bicyclic) bond motifs is 1. The second-order valence-corrected chi connectivity index (χ2v) is 7.07. The van der Waals surface area contributed by atoms with Gasteiger partial charge in [0.1, 0.15) is 4.32 Å². The molecule has 4 rings (SSSR count). The largest absolute Gasteiger partial charge is 0.454 e. The number of hydrogen-bond donors (Lipinski definition) is 0. The Kier molecular flexibility index (Phi) is 3.76. The van der Waals surface area contributed by atoms with E-state index < -0.39 is 0 Å². The molecule has 0 atom stereocenters. The van der Waals surface area contributed by atoms with Crippen molar-refractivity contribution in [3.63, 3.8) is 0 Å². The number of carbonyl (C=O) groups is 1. The molecule has 0 N–H and O–H groups in total. The number of thiocarbonyl (C=S) groups is 1. The van der Waals surface area contributed by atoms with Gasteiger partial charge in [0, 0.05) is 5.38 Å². The van der Waals surface area contributed by atoms with Crippen LogP contribution in [0.1, 0.15) is 11.3 Å². The van der Waals surface area contributed by atoms with Crippen LogP contribution >= 0.6 is 35.5 Å². The second-order valence-electron chi connectivity index (χ2n) is 4.79. The first-order valence-electron chi connectivity index (χ1n) is 6.62. The van der Waals surface area contributed by atoms with Crippen molar-refractivity contribution in [3.05, 3.63) is 39.7 Å². The highest BCUT2D eigenvalue weighted by atomic mass is 32.2. The van der Waals surface area contributed by atoms with Crippen LogP contribution < -0.4 is 9.47 Å². The Morgan fingerprint density at radius 3 is 3.04 bits per heavy atom. The second kappa shape index (κ2) is 5.91. The van der Waals surface area contributed by atoms with Gasteiger partial charge in [0.2, 0.25) is 6.79 Å². The molecule has 1 saturated heterocycles. The third-order valence-corrected chi connectivity index (χ3v) is 5.21. The minimum atomic E-state index is -0.120. The van der Waals surface area contributed by atoms with Crippen molar-refractivity contribution < 1.29 is 14.3 Å². The first kappa shape index (κ1) is 14.6. The van der Waals surface area contributed by atoms with Gasteiger partial charge in [-0.15, -0.1) is 5.10 Å². The summed E-state index contributed by atoms with van der Waals surface area (Å²) in [4.78, 5) is 14.7. The number of aromatic nitrogens is 2. The number of benzene rings is 1. The van der Waals surface area contributed by atoms with E-state index in [-0.39, 0.29) is 12.7 Å². The molecule has 2 aromatic rings. The number of rotatable bonds is 3. The lowest BCUT2D eigenvalue weighted by molar-refractivity contribution is -0.122. The molecule has 0 bridgehead atoms. The zero-order valence-corrected chi connectivity index (χ0v) is 14.0. The highest BCUT2D eigenvalue weighted by Crippen LogP contribution is 2.36. The molecule has 2 aliphatic heterocycles. The monoisotopic (exact) mass is 363 g/mol. The normalized spacial score (nSPS) is 18.3. The molecule has 1 amide bonds. The molecular formula is C14H9N3O3S3. The van der Waals surface area contributed by atoms with E-state index in [0.717, 1.165) is 11.3 Å². The maximum atomic E-state index is 12.5. The summed E-state index contributed by atoms with van der Waals surface area (Å²) in [5, 5.41) is 5.70. The maximum Gasteiger partial charge on any atom is 0.266 e. The van der Waals surface area contributed by atoms with E-state index in [4.69, 9.17) is 21.7 Å². The van der Waals surface area contributed by atoms with Gasteiger partial charge < -0.3 is 9.47 Å². The van der Waals surface area contributed by atoms with Gasteiger partial charge >= 0.3 is 0 Å². The highest BCUT2D eigenvalue weighted by Gasteiger charge is 2.32. The van der Waals surface area contributed by atoms with Crippen molar-refractivity contribution in [1.82, 2.24) is 14.5 Å².